The first-order chi connectivity index (χ1) is 15.6. The molecule has 3 heterocycles. The van der Waals surface area contributed by atoms with Crippen molar-refractivity contribution in [3.8, 4) is 16.9 Å². The van der Waals surface area contributed by atoms with E-state index in [1.165, 1.54) is 12.1 Å². The first kappa shape index (κ1) is 19.6. The molecule has 7 nitrogen and oxygen atoms in total. The van der Waals surface area contributed by atoms with Crippen molar-refractivity contribution in [2.45, 2.75) is 13.5 Å². The van der Waals surface area contributed by atoms with Crippen LogP contribution in [0.4, 0.5) is 16.2 Å². The maximum Gasteiger partial charge on any atom is 0.225 e. The third-order valence-electron chi connectivity index (χ3n) is 5.11. The zero-order valence-corrected chi connectivity index (χ0v) is 17.3. The Hall–Kier alpha value is -4.33. The summed E-state index contributed by atoms with van der Waals surface area (Å²) in [5, 5.41) is 8.50. The lowest BCUT2D eigenvalue weighted by molar-refractivity contribution is 0.628. The number of aryl methyl sites for hydroxylation is 1. The number of nitrogens with one attached hydrogen (secondary N) is 1. The number of hydrogen-bond acceptors (Lipinski definition) is 6. The van der Waals surface area contributed by atoms with Crippen molar-refractivity contribution in [1.29, 1.82) is 0 Å². The van der Waals surface area contributed by atoms with Gasteiger partial charge in [0, 0.05) is 24.5 Å². The Bertz CT molecular complexity index is 1400. The zero-order valence-electron chi connectivity index (χ0n) is 17.3. The molecule has 0 aliphatic rings. The van der Waals surface area contributed by atoms with Crippen LogP contribution in [0, 0.1) is 12.7 Å². The van der Waals surface area contributed by atoms with Crippen molar-refractivity contribution < 1.29 is 4.39 Å². The molecule has 5 aromatic rings. The van der Waals surface area contributed by atoms with Crippen LogP contribution in [0.25, 0.3) is 28.0 Å². The Kier molecular flexibility index (Phi) is 4.95. The van der Waals surface area contributed by atoms with E-state index in [-0.39, 0.29) is 5.82 Å². The maximum absolute atomic E-state index is 13.6. The van der Waals surface area contributed by atoms with Crippen LogP contribution in [0.2, 0.25) is 0 Å². The predicted octanol–water partition coefficient (Wildman–Crippen LogP) is 4.52. The summed E-state index contributed by atoms with van der Waals surface area (Å²) in [7, 11) is 0. The molecule has 0 radical (unpaired) electrons. The van der Waals surface area contributed by atoms with Gasteiger partial charge in [-0.1, -0.05) is 18.2 Å². The highest BCUT2D eigenvalue weighted by Crippen LogP contribution is 2.33. The zero-order chi connectivity index (χ0) is 22.1. The molecule has 0 aliphatic heterocycles. The topological polar surface area (TPSA) is 94.5 Å². The summed E-state index contributed by atoms with van der Waals surface area (Å²) < 4.78 is 15.2. The standard InChI is InChI=1S/C24H20FN7/c1-15-4-2-6-19(12-15)32-22(26)20-21(17-7-9-18(25)10-8-17)29-24(30-23(20)31-32)28-14-16-5-3-11-27-13-16/h2-13H,14,26H2,1H3,(H,28,30,31). The van der Waals surface area contributed by atoms with Gasteiger partial charge in [0.25, 0.3) is 0 Å². The summed E-state index contributed by atoms with van der Waals surface area (Å²) in [5.74, 6) is 0.496. The number of fused-ring (bicyclic) bond motifs is 1. The van der Waals surface area contributed by atoms with Gasteiger partial charge in [-0.3, -0.25) is 4.98 Å². The van der Waals surface area contributed by atoms with E-state index in [0.717, 1.165) is 22.4 Å². The van der Waals surface area contributed by atoms with Crippen molar-refractivity contribution in [3.05, 3.63) is 90.0 Å². The van der Waals surface area contributed by atoms with Crippen LogP contribution in [-0.2, 0) is 6.54 Å². The fourth-order valence-corrected chi connectivity index (χ4v) is 3.55. The van der Waals surface area contributed by atoms with Gasteiger partial charge in [0.15, 0.2) is 5.65 Å². The molecule has 0 spiro atoms. The maximum atomic E-state index is 13.6. The summed E-state index contributed by atoms with van der Waals surface area (Å²) in [6.07, 6.45) is 3.50. The number of aromatic nitrogens is 5. The van der Waals surface area contributed by atoms with Crippen LogP contribution >= 0.6 is 0 Å². The van der Waals surface area contributed by atoms with Crippen molar-refractivity contribution >= 4 is 22.8 Å². The van der Waals surface area contributed by atoms with Gasteiger partial charge in [0.05, 0.1) is 16.8 Å². The summed E-state index contributed by atoms with van der Waals surface area (Å²) in [5.41, 5.74) is 11.2. The number of halogens is 1. The first-order valence-corrected chi connectivity index (χ1v) is 10.1. The minimum absolute atomic E-state index is 0.322. The number of nitrogens with two attached hydrogens (primary N) is 1. The number of anilines is 2. The lowest BCUT2D eigenvalue weighted by Gasteiger charge is -2.09. The average molecular weight is 425 g/mol. The van der Waals surface area contributed by atoms with Crippen molar-refractivity contribution in [1.82, 2.24) is 24.7 Å². The molecule has 158 valence electrons. The number of rotatable bonds is 5. The van der Waals surface area contributed by atoms with E-state index in [0.29, 0.717) is 35.0 Å². The first-order valence-electron chi connectivity index (χ1n) is 10.1. The summed E-state index contributed by atoms with van der Waals surface area (Å²) in [6.45, 7) is 2.50. The molecule has 3 aromatic heterocycles. The third-order valence-corrected chi connectivity index (χ3v) is 5.11. The van der Waals surface area contributed by atoms with Crippen LogP contribution in [0.3, 0.4) is 0 Å². The highest BCUT2D eigenvalue weighted by Gasteiger charge is 2.19. The normalized spacial score (nSPS) is 11.1. The van der Waals surface area contributed by atoms with E-state index in [1.807, 2.05) is 43.3 Å². The Morgan fingerprint density at radius 1 is 1.03 bits per heavy atom. The molecule has 0 bridgehead atoms. The quantitative estimate of drug-likeness (QED) is 0.430. The van der Waals surface area contributed by atoms with Gasteiger partial charge in [-0.05, 0) is 60.5 Å². The van der Waals surface area contributed by atoms with Crippen LogP contribution in [0.1, 0.15) is 11.1 Å². The van der Waals surface area contributed by atoms with Gasteiger partial charge in [-0.2, -0.15) is 4.98 Å². The van der Waals surface area contributed by atoms with Gasteiger partial charge in [0.2, 0.25) is 5.95 Å². The van der Waals surface area contributed by atoms with Crippen molar-refractivity contribution in [2.75, 3.05) is 11.1 Å². The van der Waals surface area contributed by atoms with E-state index in [1.54, 1.807) is 29.2 Å². The largest absolute Gasteiger partial charge is 0.383 e. The monoisotopic (exact) mass is 425 g/mol. The fraction of sp³-hybridized carbons (Fsp3) is 0.0833. The molecular formula is C24H20FN7. The second-order valence-corrected chi connectivity index (χ2v) is 7.45. The average Bonchev–Trinajstić information content (AvgIpc) is 3.15. The summed E-state index contributed by atoms with van der Waals surface area (Å²) in [4.78, 5) is 13.4. The molecular weight excluding hydrogens is 405 g/mol. The van der Waals surface area contributed by atoms with Gasteiger partial charge in [-0.25, -0.2) is 14.1 Å². The lowest BCUT2D eigenvalue weighted by Crippen LogP contribution is -2.05. The number of nitrogens with zero attached hydrogens (tertiary/aromatic N) is 5. The molecule has 32 heavy (non-hydrogen) atoms. The third kappa shape index (κ3) is 3.74. The molecule has 0 fully saturated rings. The molecule has 0 saturated heterocycles. The molecule has 0 aliphatic carbocycles. The SMILES string of the molecule is Cc1cccc(-n2nc3nc(NCc4cccnc4)nc(-c4ccc(F)cc4)c3c2N)c1. The van der Waals surface area contributed by atoms with Gasteiger partial charge >= 0.3 is 0 Å². The van der Waals surface area contributed by atoms with Crippen molar-refractivity contribution in [3.63, 3.8) is 0 Å². The second-order valence-electron chi connectivity index (χ2n) is 7.45. The summed E-state index contributed by atoms with van der Waals surface area (Å²) in [6, 6.07) is 17.9. The van der Waals surface area contributed by atoms with Crippen molar-refractivity contribution in [2.24, 2.45) is 0 Å². The highest BCUT2D eigenvalue weighted by atomic mass is 19.1. The number of pyridine rings is 1. The second kappa shape index (κ2) is 8.07. The van der Waals surface area contributed by atoms with E-state index in [9.17, 15) is 4.39 Å². The Morgan fingerprint density at radius 2 is 1.88 bits per heavy atom. The smallest absolute Gasteiger partial charge is 0.225 e. The molecule has 8 heteroatoms. The minimum Gasteiger partial charge on any atom is -0.383 e. The molecule has 0 atom stereocenters. The number of nitrogen functional groups attached to an aromatic ring is 1. The molecule has 0 unspecified atom stereocenters. The molecule has 0 saturated carbocycles. The number of benzene rings is 2. The predicted molar refractivity (Wildman–Crippen MR) is 123 cm³/mol. The molecule has 3 N–H and O–H groups in total. The Labute approximate surface area is 183 Å². The van der Waals surface area contributed by atoms with Gasteiger partial charge in [-0.15, -0.1) is 5.10 Å². The summed E-state index contributed by atoms with van der Waals surface area (Å²) >= 11 is 0. The molecule has 0 amide bonds. The van der Waals surface area contributed by atoms with E-state index >= 15 is 0 Å². The molecule has 5 rings (SSSR count). The van der Waals surface area contributed by atoms with Crippen LogP contribution in [-0.4, -0.2) is 24.7 Å². The van der Waals surface area contributed by atoms with Gasteiger partial charge < -0.3 is 11.1 Å². The lowest BCUT2D eigenvalue weighted by atomic mass is 10.1. The van der Waals surface area contributed by atoms with Crippen LogP contribution in [0.5, 0.6) is 0 Å². The molecule has 2 aromatic carbocycles. The Balaban J connectivity index is 1.65. The van der Waals surface area contributed by atoms with E-state index in [2.05, 4.69) is 20.4 Å². The number of hydrogen-bond donors (Lipinski definition) is 2. The van der Waals surface area contributed by atoms with Crippen LogP contribution in [0.15, 0.2) is 73.1 Å². The van der Waals surface area contributed by atoms with Crippen LogP contribution < -0.4 is 11.1 Å². The van der Waals surface area contributed by atoms with Gasteiger partial charge in [0.1, 0.15) is 11.6 Å². The van der Waals surface area contributed by atoms with E-state index in [4.69, 9.17) is 10.7 Å². The Morgan fingerprint density at radius 3 is 2.62 bits per heavy atom. The van der Waals surface area contributed by atoms with E-state index < -0.39 is 0 Å². The fourth-order valence-electron chi connectivity index (χ4n) is 3.55. The minimum atomic E-state index is -0.322. The highest BCUT2D eigenvalue weighted by molar-refractivity contribution is 5.99.